The van der Waals surface area contributed by atoms with E-state index < -0.39 is 0 Å². The molecule has 1 unspecified atom stereocenters. The Labute approximate surface area is 107 Å². The van der Waals surface area contributed by atoms with E-state index in [0.717, 1.165) is 24.9 Å². The molecule has 96 valence electrons. The van der Waals surface area contributed by atoms with E-state index >= 15 is 0 Å². The van der Waals surface area contributed by atoms with Crippen molar-refractivity contribution in [3.8, 4) is 0 Å². The molecule has 3 rings (SSSR count). The van der Waals surface area contributed by atoms with Crippen LogP contribution in [-0.2, 0) is 11.2 Å². The number of carbonyl (C=O) groups is 1. The maximum atomic E-state index is 11.9. The number of carbonyl (C=O) groups excluding carboxylic acids is 1. The number of nitrogens with zero attached hydrogens (tertiary/aromatic N) is 1. The lowest BCUT2D eigenvalue weighted by Crippen LogP contribution is -2.34. The average Bonchev–Trinajstić information content (AvgIpc) is 2.86. The van der Waals surface area contributed by atoms with Crippen molar-refractivity contribution in [1.82, 2.24) is 0 Å². The van der Waals surface area contributed by atoms with Crippen LogP contribution in [0.3, 0.4) is 0 Å². The molecule has 1 aromatic rings. The van der Waals surface area contributed by atoms with Crippen LogP contribution in [0, 0.1) is 0 Å². The van der Waals surface area contributed by atoms with Crippen LogP contribution in [0.1, 0.15) is 35.2 Å². The van der Waals surface area contributed by atoms with Gasteiger partial charge in [0.25, 0.3) is 0 Å². The van der Waals surface area contributed by atoms with Crippen molar-refractivity contribution in [3.63, 3.8) is 0 Å². The minimum absolute atomic E-state index is 0.318. The Morgan fingerprint density at radius 3 is 3.06 bits per heavy atom. The summed E-state index contributed by atoms with van der Waals surface area (Å²) in [6, 6.07) is 4.52. The summed E-state index contributed by atoms with van der Waals surface area (Å²) < 4.78 is 4.86. The van der Waals surface area contributed by atoms with Crippen molar-refractivity contribution in [1.29, 1.82) is 0 Å². The Kier molecular flexibility index (Phi) is 2.65. The lowest BCUT2D eigenvalue weighted by Gasteiger charge is -2.34. The lowest BCUT2D eigenvalue weighted by atomic mass is 9.91. The minimum Gasteiger partial charge on any atom is -0.465 e. The second-order valence-electron chi connectivity index (χ2n) is 5.05. The number of rotatable bonds is 1. The highest BCUT2D eigenvalue weighted by atomic mass is 16.5. The molecule has 0 amide bonds. The average molecular weight is 246 g/mol. The molecule has 2 aliphatic rings. The number of nitrogen functional groups attached to an aromatic ring is 1. The molecule has 2 N–H and O–H groups in total. The van der Waals surface area contributed by atoms with E-state index in [1.165, 1.54) is 25.6 Å². The maximum absolute atomic E-state index is 11.9. The Bertz CT molecular complexity index is 499. The predicted octanol–water partition coefficient (Wildman–Crippen LogP) is 1.97. The van der Waals surface area contributed by atoms with Gasteiger partial charge in [-0.05, 0) is 43.4 Å². The van der Waals surface area contributed by atoms with E-state index in [2.05, 4.69) is 11.0 Å². The number of nitrogens with two attached hydrogens (primary N) is 1. The quantitative estimate of drug-likeness (QED) is 0.608. The molecular weight excluding hydrogens is 228 g/mol. The van der Waals surface area contributed by atoms with E-state index in [1.807, 2.05) is 6.07 Å². The molecule has 0 bridgehead atoms. The minimum atomic E-state index is -0.318. The Hall–Kier alpha value is -1.71. The zero-order valence-corrected chi connectivity index (χ0v) is 10.6. The molecular formula is C14H18N2O2. The molecule has 1 fully saturated rings. The number of fused-ring (bicyclic) bond motifs is 3. The first kappa shape index (κ1) is 11.4. The first-order valence-electron chi connectivity index (χ1n) is 6.48. The fraction of sp³-hybridized carbons (Fsp3) is 0.500. The number of hydrogen-bond donors (Lipinski definition) is 1. The number of benzene rings is 1. The first-order valence-corrected chi connectivity index (χ1v) is 6.48. The van der Waals surface area contributed by atoms with Gasteiger partial charge in [0.2, 0.25) is 0 Å². The number of hydrogen-bond acceptors (Lipinski definition) is 4. The second kappa shape index (κ2) is 4.19. The zero-order chi connectivity index (χ0) is 12.7. The van der Waals surface area contributed by atoms with Gasteiger partial charge in [0.15, 0.2) is 0 Å². The molecule has 0 saturated carbocycles. The molecule has 4 heteroatoms. The summed E-state index contributed by atoms with van der Waals surface area (Å²) in [5, 5.41) is 0. The Morgan fingerprint density at radius 2 is 2.28 bits per heavy atom. The molecule has 1 saturated heterocycles. The van der Waals surface area contributed by atoms with Crippen LogP contribution >= 0.6 is 0 Å². The summed E-state index contributed by atoms with van der Waals surface area (Å²) in [6.07, 6.45) is 4.53. The summed E-state index contributed by atoms with van der Waals surface area (Å²) in [6.45, 7) is 1.09. The smallest absolute Gasteiger partial charge is 0.340 e. The van der Waals surface area contributed by atoms with Gasteiger partial charge in [0, 0.05) is 24.0 Å². The second-order valence-corrected chi connectivity index (χ2v) is 5.05. The first-order chi connectivity index (χ1) is 8.72. The number of methoxy groups -OCH3 is 1. The maximum Gasteiger partial charge on any atom is 0.340 e. The van der Waals surface area contributed by atoms with Gasteiger partial charge in [0.1, 0.15) is 0 Å². The van der Waals surface area contributed by atoms with Gasteiger partial charge in [0.05, 0.1) is 12.7 Å². The van der Waals surface area contributed by atoms with Crippen LogP contribution in [0.15, 0.2) is 12.1 Å². The van der Waals surface area contributed by atoms with E-state index in [4.69, 9.17) is 10.5 Å². The number of esters is 1. The van der Waals surface area contributed by atoms with Crippen molar-refractivity contribution in [2.24, 2.45) is 0 Å². The molecule has 18 heavy (non-hydrogen) atoms. The molecule has 4 nitrogen and oxygen atoms in total. The summed E-state index contributed by atoms with van der Waals surface area (Å²) in [5.74, 6) is -0.318. The van der Waals surface area contributed by atoms with Crippen molar-refractivity contribution in [2.75, 3.05) is 24.3 Å². The Morgan fingerprint density at radius 1 is 1.44 bits per heavy atom. The van der Waals surface area contributed by atoms with Gasteiger partial charge >= 0.3 is 5.97 Å². The van der Waals surface area contributed by atoms with Gasteiger partial charge in [-0.2, -0.15) is 0 Å². The fourth-order valence-electron chi connectivity index (χ4n) is 3.28. The number of anilines is 2. The van der Waals surface area contributed by atoms with E-state index in [0.29, 0.717) is 17.3 Å². The third-order valence-electron chi connectivity index (χ3n) is 4.12. The van der Waals surface area contributed by atoms with Crippen LogP contribution in [0.2, 0.25) is 0 Å². The molecule has 0 radical (unpaired) electrons. The molecule has 2 aliphatic heterocycles. The largest absolute Gasteiger partial charge is 0.465 e. The van der Waals surface area contributed by atoms with Gasteiger partial charge in [-0.25, -0.2) is 4.79 Å². The molecule has 0 aliphatic carbocycles. The third-order valence-corrected chi connectivity index (χ3v) is 4.12. The Balaban J connectivity index is 2.12. The lowest BCUT2D eigenvalue weighted by molar-refractivity contribution is 0.0600. The van der Waals surface area contributed by atoms with Crippen molar-refractivity contribution in [2.45, 2.75) is 31.7 Å². The summed E-state index contributed by atoms with van der Waals surface area (Å²) in [4.78, 5) is 14.3. The van der Waals surface area contributed by atoms with Crippen molar-refractivity contribution >= 4 is 17.3 Å². The summed E-state index contributed by atoms with van der Waals surface area (Å²) >= 11 is 0. The van der Waals surface area contributed by atoms with Crippen LogP contribution in [-0.4, -0.2) is 25.7 Å². The highest BCUT2D eigenvalue weighted by molar-refractivity contribution is 5.98. The monoisotopic (exact) mass is 246 g/mol. The van der Waals surface area contributed by atoms with Crippen LogP contribution < -0.4 is 10.6 Å². The van der Waals surface area contributed by atoms with E-state index in [9.17, 15) is 4.79 Å². The zero-order valence-electron chi connectivity index (χ0n) is 10.6. The topological polar surface area (TPSA) is 55.6 Å². The van der Waals surface area contributed by atoms with E-state index in [1.54, 1.807) is 0 Å². The van der Waals surface area contributed by atoms with Crippen molar-refractivity contribution < 1.29 is 9.53 Å². The van der Waals surface area contributed by atoms with Gasteiger partial charge < -0.3 is 15.4 Å². The standard InChI is InChI=1S/C14H18N2O2/c1-18-14(17)13-10-5-4-9-3-2-8-16(9)12(10)7-6-11(13)15/h6-7,9H,2-5,8,15H2,1H3. The van der Waals surface area contributed by atoms with Gasteiger partial charge in [-0.1, -0.05) is 0 Å². The summed E-state index contributed by atoms with van der Waals surface area (Å²) in [7, 11) is 1.41. The third kappa shape index (κ3) is 1.55. The predicted molar refractivity (Wildman–Crippen MR) is 70.9 cm³/mol. The van der Waals surface area contributed by atoms with E-state index in [-0.39, 0.29) is 5.97 Å². The SMILES string of the molecule is COC(=O)c1c(N)ccc2c1CCC1CCCN21. The van der Waals surface area contributed by atoms with Gasteiger partial charge in [-0.15, -0.1) is 0 Å². The summed E-state index contributed by atoms with van der Waals surface area (Å²) in [5.41, 5.74) is 9.28. The molecule has 1 atom stereocenters. The van der Waals surface area contributed by atoms with Crippen LogP contribution in [0.25, 0.3) is 0 Å². The fourth-order valence-corrected chi connectivity index (χ4v) is 3.28. The highest BCUT2D eigenvalue weighted by Crippen LogP contribution is 2.39. The normalized spacial score (nSPS) is 21.4. The van der Waals surface area contributed by atoms with Crippen LogP contribution in [0.4, 0.5) is 11.4 Å². The number of ether oxygens (including phenoxy) is 1. The van der Waals surface area contributed by atoms with Crippen molar-refractivity contribution in [3.05, 3.63) is 23.3 Å². The molecule has 0 aromatic heterocycles. The molecule has 1 aromatic carbocycles. The van der Waals surface area contributed by atoms with Crippen LogP contribution in [0.5, 0.6) is 0 Å². The highest BCUT2D eigenvalue weighted by Gasteiger charge is 2.33. The van der Waals surface area contributed by atoms with Gasteiger partial charge in [-0.3, -0.25) is 0 Å². The molecule has 0 spiro atoms. The molecule has 2 heterocycles.